The molecule has 0 saturated heterocycles. The molecule has 0 radical (unpaired) electrons. The van der Waals surface area contributed by atoms with Crippen molar-refractivity contribution in [3.8, 4) is 0 Å². The molecule has 2 atom stereocenters. The van der Waals surface area contributed by atoms with E-state index in [2.05, 4.69) is 15.9 Å². The Balaban J connectivity index is 2.82. The standard InChI is InChI=1S/C9H10BrClO/c1-6(10)9(12)7-2-4-8(11)5-3-7/h2-6,9,12H,1H3. The summed E-state index contributed by atoms with van der Waals surface area (Å²) in [7, 11) is 0. The second-order valence-corrected chi connectivity index (χ2v) is 4.55. The van der Waals surface area contributed by atoms with Gasteiger partial charge >= 0.3 is 0 Å². The summed E-state index contributed by atoms with van der Waals surface area (Å²) in [4.78, 5) is 0.0543. The third kappa shape index (κ3) is 2.47. The van der Waals surface area contributed by atoms with E-state index >= 15 is 0 Å². The lowest BCUT2D eigenvalue weighted by Gasteiger charge is -2.12. The average molecular weight is 250 g/mol. The molecule has 0 aliphatic carbocycles. The van der Waals surface area contributed by atoms with E-state index in [1.165, 1.54) is 0 Å². The van der Waals surface area contributed by atoms with Crippen molar-refractivity contribution in [1.29, 1.82) is 0 Å². The lowest BCUT2D eigenvalue weighted by molar-refractivity contribution is 0.181. The summed E-state index contributed by atoms with van der Waals surface area (Å²) in [6, 6.07) is 7.19. The molecule has 0 saturated carbocycles. The molecule has 1 rings (SSSR count). The van der Waals surface area contributed by atoms with Crippen molar-refractivity contribution in [1.82, 2.24) is 0 Å². The second kappa shape index (κ2) is 4.26. The second-order valence-electron chi connectivity index (χ2n) is 2.67. The third-order valence-corrected chi connectivity index (χ3v) is 2.40. The molecule has 0 fully saturated rings. The smallest absolute Gasteiger partial charge is 0.0912 e. The van der Waals surface area contributed by atoms with Crippen LogP contribution in [0.25, 0.3) is 0 Å². The molecule has 0 aliphatic heterocycles. The summed E-state index contributed by atoms with van der Waals surface area (Å²) in [5, 5.41) is 10.3. The van der Waals surface area contributed by atoms with Crippen molar-refractivity contribution in [2.24, 2.45) is 0 Å². The highest BCUT2D eigenvalue weighted by atomic mass is 79.9. The van der Waals surface area contributed by atoms with E-state index in [0.29, 0.717) is 5.02 Å². The van der Waals surface area contributed by atoms with Crippen LogP contribution in [0.4, 0.5) is 0 Å². The molecule has 1 aromatic carbocycles. The van der Waals surface area contributed by atoms with Crippen LogP contribution in [0, 0.1) is 0 Å². The van der Waals surface area contributed by atoms with E-state index < -0.39 is 6.10 Å². The molecular formula is C9H10BrClO. The maximum absolute atomic E-state index is 9.60. The molecule has 0 aliphatic rings. The molecule has 0 bridgehead atoms. The first-order chi connectivity index (χ1) is 5.61. The molecule has 2 unspecified atom stereocenters. The Bertz CT molecular complexity index is 245. The molecule has 0 heterocycles. The van der Waals surface area contributed by atoms with Crippen molar-refractivity contribution in [3.05, 3.63) is 34.9 Å². The number of hydrogen-bond donors (Lipinski definition) is 1. The first-order valence-electron chi connectivity index (χ1n) is 3.69. The summed E-state index contributed by atoms with van der Waals surface area (Å²) in [6.45, 7) is 1.90. The summed E-state index contributed by atoms with van der Waals surface area (Å²) in [6.07, 6.45) is -0.470. The lowest BCUT2D eigenvalue weighted by Crippen LogP contribution is -2.07. The van der Waals surface area contributed by atoms with Crippen molar-refractivity contribution in [2.75, 3.05) is 0 Å². The zero-order valence-electron chi connectivity index (χ0n) is 6.67. The van der Waals surface area contributed by atoms with E-state index in [0.717, 1.165) is 5.56 Å². The molecule has 3 heteroatoms. The van der Waals surface area contributed by atoms with Gasteiger partial charge in [0.25, 0.3) is 0 Å². The fourth-order valence-corrected chi connectivity index (χ4v) is 1.36. The van der Waals surface area contributed by atoms with Gasteiger partial charge in [-0.25, -0.2) is 0 Å². The van der Waals surface area contributed by atoms with Gasteiger partial charge in [-0.2, -0.15) is 0 Å². The first-order valence-corrected chi connectivity index (χ1v) is 4.98. The van der Waals surface area contributed by atoms with Crippen LogP contribution in [0.5, 0.6) is 0 Å². The third-order valence-electron chi connectivity index (χ3n) is 1.65. The SMILES string of the molecule is CC(Br)C(O)c1ccc(Cl)cc1. The minimum absolute atomic E-state index is 0.0543. The van der Waals surface area contributed by atoms with Gasteiger partial charge in [0.2, 0.25) is 0 Å². The summed E-state index contributed by atoms with van der Waals surface area (Å²) in [5.74, 6) is 0. The number of rotatable bonds is 2. The molecular weight excluding hydrogens is 239 g/mol. The van der Waals surface area contributed by atoms with Crippen LogP contribution in [0.2, 0.25) is 5.02 Å². The summed E-state index contributed by atoms with van der Waals surface area (Å²) >= 11 is 9.01. The Kier molecular flexibility index (Phi) is 3.56. The molecule has 12 heavy (non-hydrogen) atoms. The Morgan fingerprint density at radius 2 is 1.83 bits per heavy atom. The van der Waals surface area contributed by atoms with E-state index in [9.17, 15) is 5.11 Å². The highest BCUT2D eigenvalue weighted by Crippen LogP contribution is 2.22. The zero-order valence-corrected chi connectivity index (χ0v) is 9.01. The minimum Gasteiger partial charge on any atom is -0.387 e. The van der Waals surface area contributed by atoms with E-state index in [1.807, 2.05) is 19.1 Å². The summed E-state index contributed by atoms with van der Waals surface area (Å²) in [5.41, 5.74) is 0.878. The number of aliphatic hydroxyl groups is 1. The molecule has 1 aromatic rings. The maximum atomic E-state index is 9.60. The molecule has 0 aromatic heterocycles. The lowest BCUT2D eigenvalue weighted by atomic mass is 10.1. The van der Waals surface area contributed by atoms with Gasteiger partial charge in [-0.1, -0.05) is 39.7 Å². The molecule has 0 spiro atoms. The van der Waals surface area contributed by atoms with Crippen LogP contribution in [0.3, 0.4) is 0 Å². The molecule has 1 N–H and O–H groups in total. The summed E-state index contributed by atoms with van der Waals surface area (Å²) < 4.78 is 0. The van der Waals surface area contributed by atoms with Gasteiger partial charge in [0.15, 0.2) is 0 Å². The first kappa shape index (κ1) is 10.0. The predicted octanol–water partition coefficient (Wildman–Crippen LogP) is 3.16. The number of aliphatic hydroxyl groups excluding tert-OH is 1. The largest absolute Gasteiger partial charge is 0.387 e. The number of hydrogen-bond acceptors (Lipinski definition) is 1. The predicted molar refractivity (Wildman–Crippen MR) is 54.8 cm³/mol. The maximum Gasteiger partial charge on any atom is 0.0912 e. The minimum atomic E-state index is -0.470. The average Bonchev–Trinajstić information content (AvgIpc) is 2.04. The van der Waals surface area contributed by atoms with Gasteiger partial charge in [0.1, 0.15) is 0 Å². The van der Waals surface area contributed by atoms with Crippen molar-refractivity contribution >= 4 is 27.5 Å². The molecule has 0 amide bonds. The van der Waals surface area contributed by atoms with Gasteiger partial charge in [0, 0.05) is 9.85 Å². The van der Waals surface area contributed by atoms with E-state index in [4.69, 9.17) is 11.6 Å². The highest BCUT2D eigenvalue weighted by Gasteiger charge is 2.12. The highest BCUT2D eigenvalue weighted by molar-refractivity contribution is 9.09. The van der Waals surface area contributed by atoms with E-state index in [1.54, 1.807) is 12.1 Å². The Morgan fingerprint density at radius 1 is 1.33 bits per heavy atom. The van der Waals surface area contributed by atoms with Gasteiger partial charge in [-0.15, -0.1) is 0 Å². The number of alkyl halides is 1. The Morgan fingerprint density at radius 3 is 2.25 bits per heavy atom. The van der Waals surface area contributed by atoms with E-state index in [-0.39, 0.29) is 4.83 Å². The van der Waals surface area contributed by atoms with Crippen molar-refractivity contribution < 1.29 is 5.11 Å². The van der Waals surface area contributed by atoms with Crippen molar-refractivity contribution in [2.45, 2.75) is 17.9 Å². The quantitative estimate of drug-likeness (QED) is 0.798. The monoisotopic (exact) mass is 248 g/mol. The Labute approximate surface area is 85.5 Å². The molecule has 1 nitrogen and oxygen atoms in total. The normalized spacial score (nSPS) is 15.7. The number of benzene rings is 1. The fourth-order valence-electron chi connectivity index (χ4n) is 0.925. The van der Waals surface area contributed by atoms with Crippen LogP contribution in [-0.2, 0) is 0 Å². The van der Waals surface area contributed by atoms with Gasteiger partial charge < -0.3 is 5.11 Å². The van der Waals surface area contributed by atoms with Crippen LogP contribution in [0.15, 0.2) is 24.3 Å². The fraction of sp³-hybridized carbons (Fsp3) is 0.333. The van der Waals surface area contributed by atoms with Gasteiger partial charge in [0.05, 0.1) is 6.10 Å². The topological polar surface area (TPSA) is 20.2 Å². The van der Waals surface area contributed by atoms with Crippen LogP contribution >= 0.6 is 27.5 Å². The van der Waals surface area contributed by atoms with Crippen molar-refractivity contribution in [3.63, 3.8) is 0 Å². The number of halogens is 2. The van der Waals surface area contributed by atoms with Gasteiger partial charge in [-0.05, 0) is 24.6 Å². The van der Waals surface area contributed by atoms with Crippen LogP contribution < -0.4 is 0 Å². The van der Waals surface area contributed by atoms with Crippen LogP contribution in [0.1, 0.15) is 18.6 Å². The van der Waals surface area contributed by atoms with Gasteiger partial charge in [-0.3, -0.25) is 0 Å². The Hall–Kier alpha value is -0.0500. The van der Waals surface area contributed by atoms with Crippen LogP contribution in [-0.4, -0.2) is 9.93 Å². The molecule has 66 valence electrons. The zero-order chi connectivity index (χ0) is 9.14.